The van der Waals surface area contributed by atoms with E-state index in [0.717, 1.165) is 0 Å². The molecule has 0 bridgehead atoms. The van der Waals surface area contributed by atoms with Crippen molar-refractivity contribution >= 4 is 97.3 Å². The minimum Gasteiger partial charge on any atom is 0 e. The summed E-state index contributed by atoms with van der Waals surface area (Å²) < 4.78 is 0. The second kappa shape index (κ2) is 15.9. The first kappa shape index (κ1) is 25.4. The molecule has 4 heavy (non-hydrogen) atoms. The first-order chi connectivity index (χ1) is 0. The zero-order chi connectivity index (χ0) is 0. The maximum Gasteiger partial charge on any atom is 0 e. The van der Waals surface area contributed by atoms with Gasteiger partial charge in [-0.1, -0.05) is 0 Å². The predicted molar refractivity (Wildman–Crippen MR) is 22.8 cm³/mol. The third-order valence-electron chi connectivity index (χ3n) is 0. The van der Waals surface area contributed by atoms with Crippen LogP contribution in [-0.2, 0) is 16.5 Å². The van der Waals surface area contributed by atoms with Crippen LogP contribution in [0.15, 0.2) is 0 Å². The summed E-state index contributed by atoms with van der Waals surface area (Å²) in [4.78, 5) is 0. The summed E-state index contributed by atoms with van der Waals surface area (Å²) in [6, 6.07) is 0. The first-order valence-electron chi connectivity index (χ1n) is 0. The van der Waals surface area contributed by atoms with Crippen LogP contribution >= 0.6 is 0 Å². The van der Waals surface area contributed by atoms with E-state index in [1.165, 1.54) is 0 Å². The summed E-state index contributed by atoms with van der Waals surface area (Å²) >= 11 is 0. The van der Waals surface area contributed by atoms with Crippen molar-refractivity contribution in [2.24, 2.45) is 0 Å². The van der Waals surface area contributed by atoms with E-state index in [9.17, 15) is 0 Å². The Labute approximate surface area is 111 Å². The molecule has 0 fully saturated rings. The Kier molecular flexibility index (Phi) is 101. The average molecular weight is 230 g/mol. The van der Waals surface area contributed by atoms with Crippen LogP contribution < -0.4 is 0 Å². The largest absolute Gasteiger partial charge is 0 e. The van der Waals surface area contributed by atoms with E-state index in [0.29, 0.717) is 0 Å². The van der Waals surface area contributed by atoms with E-state index in [4.69, 9.17) is 0 Å². The van der Waals surface area contributed by atoms with Crippen molar-refractivity contribution in [1.29, 1.82) is 0 Å². The molecule has 18 valence electrons. The molecular formula is H4BaLiNaNi. The van der Waals surface area contributed by atoms with Crippen LogP contribution in [0.4, 0.5) is 0 Å². The number of rotatable bonds is 0. The molecule has 0 aromatic heterocycles. The maximum absolute atomic E-state index is 0. The Balaban J connectivity index is 0. The normalized spacial score (nSPS) is 0. The minimum absolute atomic E-state index is 0. The van der Waals surface area contributed by atoms with Gasteiger partial charge in [0.2, 0.25) is 0 Å². The molecule has 0 aliphatic carbocycles. The number of hydrogen-bond donors (Lipinski definition) is 0. The van der Waals surface area contributed by atoms with Crippen molar-refractivity contribution in [2.75, 3.05) is 0 Å². The Morgan fingerprint density at radius 2 is 1.00 bits per heavy atom. The van der Waals surface area contributed by atoms with Gasteiger partial charge in [-0.2, -0.15) is 0 Å². The molecule has 0 atom stereocenters. The van der Waals surface area contributed by atoms with E-state index >= 15 is 0 Å². The average Bonchev–Trinajstić information content (AvgIpc) is 0. The van der Waals surface area contributed by atoms with E-state index in [1.54, 1.807) is 0 Å². The molecule has 0 aromatic carbocycles. The van der Waals surface area contributed by atoms with Crippen molar-refractivity contribution in [2.45, 2.75) is 0 Å². The monoisotopic (exact) mass is 230 g/mol. The molecule has 0 rings (SSSR count). The van der Waals surface area contributed by atoms with Gasteiger partial charge < -0.3 is 0 Å². The summed E-state index contributed by atoms with van der Waals surface area (Å²) in [5.41, 5.74) is 0. The summed E-state index contributed by atoms with van der Waals surface area (Å²) in [5.74, 6) is 0. The van der Waals surface area contributed by atoms with Crippen molar-refractivity contribution in [1.82, 2.24) is 0 Å². The van der Waals surface area contributed by atoms with E-state index in [1.807, 2.05) is 0 Å². The van der Waals surface area contributed by atoms with Gasteiger partial charge in [-0.15, -0.1) is 0 Å². The zero-order valence-corrected chi connectivity index (χ0v) is 1.30. The van der Waals surface area contributed by atoms with Crippen LogP contribution in [0.1, 0.15) is 0 Å². The molecule has 0 aliphatic rings. The first-order valence-corrected chi connectivity index (χ1v) is 0. The fraction of sp³-hybridized carbons (Fsp3) is 0. The van der Waals surface area contributed by atoms with Crippen LogP contribution in [0, 0.1) is 0 Å². The fourth-order valence-corrected chi connectivity index (χ4v) is 0. The van der Waals surface area contributed by atoms with Crippen LogP contribution in [0.3, 0.4) is 0 Å². The van der Waals surface area contributed by atoms with Gasteiger partial charge in [-0.25, -0.2) is 0 Å². The van der Waals surface area contributed by atoms with Crippen molar-refractivity contribution < 1.29 is 16.5 Å². The number of hydrogen-bond acceptors (Lipinski definition) is 0. The summed E-state index contributed by atoms with van der Waals surface area (Å²) in [5, 5.41) is 0. The molecule has 0 heterocycles. The molecule has 0 aliphatic heterocycles. The second-order valence-corrected chi connectivity index (χ2v) is 0. The molecule has 0 unspecified atom stereocenters. The third kappa shape index (κ3) is 9.18. The van der Waals surface area contributed by atoms with E-state index in [2.05, 4.69) is 0 Å². The summed E-state index contributed by atoms with van der Waals surface area (Å²) in [7, 11) is 0. The van der Waals surface area contributed by atoms with Crippen LogP contribution in [0.25, 0.3) is 0 Å². The molecule has 4 heteroatoms. The van der Waals surface area contributed by atoms with Gasteiger partial charge in [0, 0.05) is 16.5 Å². The van der Waals surface area contributed by atoms with Crippen LogP contribution in [-0.4, -0.2) is 97.3 Å². The molecule has 0 amide bonds. The Morgan fingerprint density at radius 1 is 1.00 bits per heavy atom. The summed E-state index contributed by atoms with van der Waals surface area (Å²) in [6.07, 6.45) is 0. The van der Waals surface area contributed by atoms with Gasteiger partial charge in [0.1, 0.15) is 0 Å². The minimum atomic E-state index is 0. The van der Waals surface area contributed by atoms with Crippen LogP contribution in [0.2, 0.25) is 0 Å². The van der Waals surface area contributed by atoms with Gasteiger partial charge in [-0.3, -0.25) is 0 Å². The van der Waals surface area contributed by atoms with E-state index in [-0.39, 0.29) is 114 Å². The Bertz CT molecular complexity index is 8.00. The molecule has 0 aromatic rings. The fourth-order valence-electron chi connectivity index (χ4n) is 0. The third-order valence-corrected chi connectivity index (χ3v) is 0. The SMILES string of the molecule is [BaH2].[LiH].[NaH].[Ni]. The molecule has 0 saturated carbocycles. The van der Waals surface area contributed by atoms with Crippen molar-refractivity contribution in [3.63, 3.8) is 0 Å². The molecule has 0 spiro atoms. The van der Waals surface area contributed by atoms with Crippen LogP contribution in [0.5, 0.6) is 0 Å². The maximum atomic E-state index is 0. The van der Waals surface area contributed by atoms with Gasteiger partial charge >= 0.3 is 97.3 Å². The quantitative estimate of drug-likeness (QED) is 0.414. The topological polar surface area (TPSA) is 0 Å². The molecule has 0 nitrogen and oxygen atoms in total. The van der Waals surface area contributed by atoms with Gasteiger partial charge in [-0.05, 0) is 0 Å². The smallest absolute Gasteiger partial charge is 0 e. The Morgan fingerprint density at radius 3 is 1.00 bits per heavy atom. The van der Waals surface area contributed by atoms with Gasteiger partial charge in [0.25, 0.3) is 0 Å². The van der Waals surface area contributed by atoms with Gasteiger partial charge in [0.15, 0.2) is 0 Å². The van der Waals surface area contributed by atoms with E-state index < -0.39 is 0 Å². The second-order valence-electron chi connectivity index (χ2n) is 0. The standard InChI is InChI=1S/Ba.Li.Na.Ni.4H. The van der Waals surface area contributed by atoms with Crippen molar-refractivity contribution in [3.05, 3.63) is 0 Å². The van der Waals surface area contributed by atoms with Crippen molar-refractivity contribution in [3.8, 4) is 0 Å². The predicted octanol–water partition coefficient (Wildman–Crippen LogP) is -2.22. The zero-order valence-electron chi connectivity index (χ0n) is 0.316. The molecule has 0 radical (unpaired) electrons. The van der Waals surface area contributed by atoms with Gasteiger partial charge in [0.05, 0.1) is 0 Å². The molecular weight excluding hydrogens is 226 g/mol. The Hall–Kier alpha value is 3.66. The summed E-state index contributed by atoms with van der Waals surface area (Å²) in [6.45, 7) is 0. The molecule has 0 N–H and O–H groups in total. The molecule has 0 saturated heterocycles.